The van der Waals surface area contributed by atoms with Gasteiger partial charge in [-0.15, -0.1) is 0 Å². The molecule has 0 heterocycles. The summed E-state index contributed by atoms with van der Waals surface area (Å²) in [5, 5.41) is 0. The van der Waals surface area contributed by atoms with Crippen molar-refractivity contribution in [3.63, 3.8) is 0 Å². The smallest absolute Gasteiger partial charge is 0.0944 e. The molecular weight excluding hydrogens is 106 g/mol. The Labute approximate surface area is 48.3 Å². The Morgan fingerprint density at radius 1 is 1.50 bits per heavy atom. The molecule has 48 valence electrons. The molecule has 0 aromatic carbocycles. The third-order valence-corrected chi connectivity index (χ3v) is 0.555. The molecule has 0 fully saturated rings. The first kappa shape index (κ1) is 7.26. The van der Waals surface area contributed by atoms with Gasteiger partial charge in [0, 0.05) is 0 Å². The number of ether oxygens (including phenoxy) is 1. The Bertz CT molecular complexity index is 77.4. The topological polar surface area (TPSA) is 87.3 Å². The molecule has 4 nitrogen and oxygen atoms in total. The number of nitrogens with two attached hydrogens (primary N) is 3. The summed E-state index contributed by atoms with van der Waals surface area (Å²) in [5.41, 5.74) is 15.1. The molecule has 4 heteroatoms. The van der Waals surface area contributed by atoms with E-state index in [4.69, 9.17) is 17.2 Å². The average Bonchev–Trinajstić information content (AvgIpc) is 1.66. The molecule has 0 amide bonds. The second-order valence-electron chi connectivity index (χ2n) is 1.24. The molecule has 0 aromatic rings. The fraction of sp³-hybridized carbons (Fsp3) is 0.500. The highest BCUT2D eigenvalue weighted by Gasteiger charge is 1.76. The second kappa shape index (κ2) is 4.42. The van der Waals surface area contributed by atoms with Gasteiger partial charge in [0.2, 0.25) is 0 Å². The van der Waals surface area contributed by atoms with Gasteiger partial charge in [0.1, 0.15) is 0 Å². The summed E-state index contributed by atoms with van der Waals surface area (Å²) in [6, 6.07) is 0. The largest absolute Gasteiger partial charge is 0.386 e. The Kier molecular flexibility index (Phi) is 4.01. The molecule has 0 bridgehead atoms. The van der Waals surface area contributed by atoms with Gasteiger partial charge in [0.25, 0.3) is 0 Å². The van der Waals surface area contributed by atoms with Crippen molar-refractivity contribution in [2.75, 3.05) is 13.3 Å². The molecular formula is C4H11N3O. The van der Waals surface area contributed by atoms with Crippen molar-refractivity contribution in [3.05, 3.63) is 11.9 Å². The van der Waals surface area contributed by atoms with Crippen LogP contribution < -0.4 is 17.2 Å². The Balaban J connectivity index is 3.03. The highest BCUT2D eigenvalue weighted by molar-refractivity contribution is 4.89. The molecule has 0 aliphatic rings. The molecule has 0 spiro atoms. The van der Waals surface area contributed by atoms with Crippen LogP contribution >= 0.6 is 0 Å². The quantitative estimate of drug-likeness (QED) is 0.316. The van der Waals surface area contributed by atoms with Gasteiger partial charge in [-0.3, -0.25) is 0 Å². The van der Waals surface area contributed by atoms with Gasteiger partial charge in [-0.2, -0.15) is 0 Å². The van der Waals surface area contributed by atoms with Crippen molar-refractivity contribution in [1.82, 2.24) is 0 Å². The minimum atomic E-state index is 0.198. The lowest BCUT2D eigenvalue weighted by Gasteiger charge is -1.93. The molecule has 0 rings (SSSR count). The van der Waals surface area contributed by atoms with E-state index in [9.17, 15) is 0 Å². The van der Waals surface area contributed by atoms with Crippen molar-refractivity contribution in [1.29, 1.82) is 0 Å². The molecule has 0 atom stereocenters. The summed E-state index contributed by atoms with van der Waals surface area (Å²) in [6.45, 7) is 0.586. The summed E-state index contributed by atoms with van der Waals surface area (Å²) >= 11 is 0. The van der Waals surface area contributed by atoms with E-state index in [2.05, 4.69) is 4.74 Å². The van der Waals surface area contributed by atoms with Gasteiger partial charge in [-0.25, -0.2) is 0 Å². The first-order valence-corrected chi connectivity index (χ1v) is 2.26. The lowest BCUT2D eigenvalue weighted by atomic mass is 10.6. The molecule has 6 N–H and O–H groups in total. The Morgan fingerprint density at radius 3 is 2.50 bits per heavy atom. The predicted molar refractivity (Wildman–Crippen MR) is 31.5 cm³/mol. The molecule has 0 saturated heterocycles. The first-order valence-electron chi connectivity index (χ1n) is 2.26. The minimum Gasteiger partial charge on any atom is -0.386 e. The van der Waals surface area contributed by atoms with E-state index in [1.165, 1.54) is 0 Å². The fourth-order valence-electron chi connectivity index (χ4n) is 0.223. The van der Waals surface area contributed by atoms with Crippen LogP contribution in [0, 0.1) is 0 Å². The van der Waals surface area contributed by atoms with Crippen LogP contribution in [-0.2, 0) is 4.74 Å². The van der Waals surface area contributed by atoms with E-state index in [0.29, 0.717) is 6.61 Å². The normalized spacial score (nSPS) is 8.62. The standard InChI is InChI=1S/C4H11N3O/c5-3-8-2-1-4(6)7/h1H,2-3,5-7H2. The van der Waals surface area contributed by atoms with Gasteiger partial charge in [0.05, 0.1) is 19.2 Å². The summed E-state index contributed by atoms with van der Waals surface area (Å²) in [4.78, 5) is 0. The van der Waals surface area contributed by atoms with Crippen LogP contribution in [0.1, 0.15) is 0 Å². The van der Waals surface area contributed by atoms with Gasteiger partial charge >= 0.3 is 0 Å². The average molecular weight is 117 g/mol. The highest BCUT2D eigenvalue weighted by Crippen LogP contribution is 1.72. The van der Waals surface area contributed by atoms with Crippen LogP contribution in [0.25, 0.3) is 0 Å². The van der Waals surface area contributed by atoms with E-state index in [1.54, 1.807) is 6.08 Å². The van der Waals surface area contributed by atoms with E-state index in [0.717, 1.165) is 0 Å². The van der Waals surface area contributed by atoms with Gasteiger partial charge in [0.15, 0.2) is 0 Å². The van der Waals surface area contributed by atoms with E-state index in [-0.39, 0.29) is 12.6 Å². The zero-order valence-electron chi connectivity index (χ0n) is 4.63. The van der Waals surface area contributed by atoms with Crippen LogP contribution in [0.2, 0.25) is 0 Å². The minimum absolute atomic E-state index is 0.198. The third-order valence-electron chi connectivity index (χ3n) is 0.555. The lowest BCUT2D eigenvalue weighted by Crippen LogP contribution is -2.11. The molecule has 8 heavy (non-hydrogen) atoms. The first-order chi connectivity index (χ1) is 3.77. The molecule has 0 aromatic heterocycles. The lowest BCUT2D eigenvalue weighted by molar-refractivity contribution is 0.169. The van der Waals surface area contributed by atoms with E-state index < -0.39 is 0 Å². The fourth-order valence-corrected chi connectivity index (χ4v) is 0.223. The van der Waals surface area contributed by atoms with Gasteiger partial charge in [-0.1, -0.05) is 0 Å². The monoisotopic (exact) mass is 117 g/mol. The Morgan fingerprint density at radius 2 is 2.12 bits per heavy atom. The third kappa shape index (κ3) is 5.26. The maximum absolute atomic E-state index is 5.05. The number of rotatable bonds is 3. The number of hydrogen-bond acceptors (Lipinski definition) is 4. The van der Waals surface area contributed by atoms with Gasteiger partial charge < -0.3 is 21.9 Å². The maximum atomic E-state index is 5.05. The van der Waals surface area contributed by atoms with Crippen LogP contribution in [-0.4, -0.2) is 13.3 Å². The highest BCUT2D eigenvalue weighted by atomic mass is 16.5. The molecule has 0 saturated carbocycles. The van der Waals surface area contributed by atoms with Crippen molar-refractivity contribution >= 4 is 0 Å². The molecule has 0 aliphatic carbocycles. The predicted octanol–water partition coefficient (Wildman–Crippen LogP) is -1.32. The molecule has 0 aliphatic heterocycles. The number of hydrogen-bond donors (Lipinski definition) is 3. The molecule has 0 unspecified atom stereocenters. The van der Waals surface area contributed by atoms with Crippen LogP contribution in [0.15, 0.2) is 11.9 Å². The summed E-state index contributed by atoms with van der Waals surface area (Å²) in [5.74, 6) is 0.262. The zero-order valence-corrected chi connectivity index (χ0v) is 4.63. The SMILES string of the molecule is NCOCC=C(N)N. The van der Waals surface area contributed by atoms with Crippen molar-refractivity contribution in [2.24, 2.45) is 17.2 Å². The zero-order chi connectivity index (χ0) is 6.41. The van der Waals surface area contributed by atoms with E-state index in [1.807, 2.05) is 0 Å². The summed E-state index contributed by atoms with van der Waals surface area (Å²) in [7, 11) is 0. The van der Waals surface area contributed by atoms with E-state index >= 15 is 0 Å². The molecule has 0 radical (unpaired) electrons. The van der Waals surface area contributed by atoms with Crippen LogP contribution in [0.3, 0.4) is 0 Å². The summed E-state index contributed by atoms with van der Waals surface area (Å²) in [6.07, 6.45) is 1.55. The van der Waals surface area contributed by atoms with Crippen LogP contribution in [0.5, 0.6) is 0 Å². The maximum Gasteiger partial charge on any atom is 0.0944 e. The van der Waals surface area contributed by atoms with Crippen molar-refractivity contribution in [3.8, 4) is 0 Å². The Hall–Kier alpha value is -0.740. The van der Waals surface area contributed by atoms with Crippen molar-refractivity contribution < 1.29 is 4.74 Å². The van der Waals surface area contributed by atoms with Gasteiger partial charge in [-0.05, 0) is 6.08 Å². The second-order valence-corrected chi connectivity index (χ2v) is 1.24. The summed E-state index contributed by atoms with van der Waals surface area (Å²) < 4.78 is 4.69. The van der Waals surface area contributed by atoms with Crippen molar-refractivity contribution in [2.45, 2.75) is 0 Å². The van der Waals surface area contributed by atoms with Crippen LogP contribution in [0.4, 0.5) is 0 Å².